The summed E-state index contributed by atoms with van der Waals surface area (Å²) >= 11 is 0. The van der Waals surface area contributed by atoms with Gasteiger partial charge in [0.25, 0.3) is 0 Å². The third-order valence-electron chi connectivity index (χ3n) is 2.98. The Balaban J connectivity index is 2.32. The minimum Gasteiger partial charge on any atom is -0.525 e. The summed E-state index contributed by atoms with van der Waals surface area (Å²) in [7, 11) is 0. The number of aliphatic hydroxyl groups excluding tert-OH is 1. The molecule has 0 bridgehead atoms. The highest BCUT2D eigenvalue weighted by molar-refractivity contribution is 6.81. The zero-order valence-electron chi connectivity index (χ0n) is 11.0. The van der Waals surface area contributed by atoms with Crippen molar-refractivity contribution in [2.24, 2.45) is 5.73 Å². The molecule has 0 aliphatic heterocycles. The highest BCUT2D eigenvalue weighted by Crippen LogP contribution is 2.00. The van der Waals surface area contributed by atoms with Crippen molar-refractivity contribution >= 4 is 23.8 Å². The van der Waals surface area contributed by atoms with Crippen LogP contribution in [0.2, 0.25) is 0 Å². The predicted octanol–water partition coefficient (Wildman–Crippen LogP) is -0.213. The summed E-state index contributed by atoms with van der Waals surface area (Å²) in [5.74, 6) is -0.454. The minimum absolute atomic E-state index is 0.0150. The lowest BCUT2D eigenvalue weighted by atomic mass is 9.55. The number of benzene rings is 2. The third-order valence-corrected chi connectivity index (χ3v) is 2.98. The van der Waals surface area contributed by atoms with Crippen LogP contribution >= 0.6 is 0 Å². The van der Waals surface area contributed by atoms with E-state index in [0.29, 0.717) is 0 Å². The van der Waals surface area contributed by atoms with E-state index in [-0.39, 0.29) is 13.2 Å². The molecule has 0 unspecified atom stereocenters. The van der Waals surface area contributed by atoms with Crippen molar-refractivity contribution in [2.45, 2.75) is 6.61 Å². The van der Waals surface area contributed by atoms with Crippen LogP contribution in [0.5, 0.6) is 0 Å². The lowest BCUT2D eigenvalue weighted by molar-refractivity contribution is -0.132. The Labute approximate surface area is 118 Å². The molecule has 102 valence electrons. The van der Waals surface area contributed by atoms with Gasteiger partial charge in [-0.05, 0) is 16.5 Å². The molecule has 0 amide bonds. The first-order chi connectivity index (χ1) is 9.74. The summed E-state index contributed by atoms with van der Waals surface area (Å²) in [6, 6.07) is 16.8. The van der Waals surface area contributed by atoms with Gasteiger partial charge in [-0.1, -0.05) is 54.6 Å². The third kappa shape index (κ3) is 3.47. The lowest BCUT2D eigenvalue weighted by Gasteiger charge is -2.15. The van der Waals surface area contributed by atoms with Crippen LogP contribution in [0.25, 0.3) is 0 Å². The van der Waals surface area contributed by atoms with Gasteiger partial charge in [0.15, 0.2) is 0 Å². The molecule has 0 aliphatic carbocycles. The molecule has 3 N–H and O–H groups in total. The van der Waals surface area contributed by atoms with Gasteiger partial charge in [0.2, 0.25) is 0 Å². The van der Waals surface area contributed by atoms with Crippen molar-refractivity contribution < 1.29 is 14.6 Å². The van der Waals surface area contributed by atoms with E-state index < -0.39 is 12.9 Å². The average molecular weight is 269 g/mol. The second-order valence-corrected chi connectivity index (χ2v) is 4.38. The quantitative estimate of drug-likeness (QED) is 0.736. The molecule has 2 aromatic carbocycles. The van der Waals surface area contributed by atoms with Gasteiger partial charge in [-0.2, -0.15) is 0 Å². The maximum Gasteiger partial charge on any atom is 0.429 e. The zero-order chi connectivity index (χ0) is 14.4. The van der Waals surface area contributed by atoms with Crippen molar-refractivity contribution in [3.8, 4) is 0 Å². The molecule has 0 spiro atoms. The van der Waals surface area contributed by atoms with Crippen molar-refractivity contribution in [3.63, 3.8) is 0 Å². The summed E-state index contributed by atoms with van der Waals surface area (Å²) in [5, 5.41) is 9.07. The number of carbonyl (C=O) groups is 1. The molecule has 2 aromatic rings. The molecule has 4 nitrogen and oxygen atoms in total. The SMILES string of the molecule is NCC(=O)OB(c1ccccc1)c1ccc(CO)cc1. The van der Waals surface area contributed by atoms with E-state index in [1.54, 1.807) is 0 Å². The first-order valence-electron chi connectivity index (χ1n) is 6.38. The molecule has 0 fully saturated rings. The molecule has 0 radical (unpaired) electrons. The smallest absolute Gasteiger partial charge is 0.429 e. The number of hydrogen-bond acceptors (Lipinski definition) is 4. The number of rotatable bonds is 5. The number of aliphatic hydroxyl groups is 1. The van der Waals surface area contributed by atoms with Crippen LogP contribution in [0.3, 0.4) is 0 Å². The van der Waals surface area contributed by atoms with Gasteiger partial charge >= 0.3 is 12.9 Å². The fraction of sp³-hybridized carbons (Fsp3) is 0.133. The largest absolute Gasteiger partial charge is 0.525 e. The van der Waals surface area contributed by atoms with Crippen LogP contribution in [-0.2, 0) is 16.1 Å². The van der Waals surface area contributed by atoms with Crippen LogP contribution in [0.4, 0.5) is 0 Å². The molecule has 0 heterocycles. The number of hydrogen-bond donors (Lipinski definition) is 2. The highest BCUT2D eigenvalue weighted by Gasteiger charge is 2.25. The summed E-state index contributed by atoms with van der Waals surface area (Å²) in [6.45, 7) is -0.656. The minimum atomic E-state index is -0.486. The molecule has 0 saturated heterocycles. The van der Waals surface area contributed by atoms with Gasteiger partial charge in [0, 0.05) is 0 Å². The van der Waals surface area contributed by atoms with Gasteiger partial charge < -0.3 is 15.5 Å². The Kier molecular flexibility index (Phi) is 4.93. The van der Waals surface area contributed by atoms with E-state index in [1.165, 1.54) is 0 Å². The van der Waals surface area contributed by atoms with E-state index in [2.05, 4.69) is 0 Å². The lowest BCUT2D eigenvalue weighted by Crippen LogP contribution is -2.47. The molecule has 5 heteroatoms. The molecule has 2 rings (SSSR count). The van der Waals surface area contributed by atoms with E-state index >= 15 is 0 Å². The van der Waals surface area contributed by atoms with Gasteiger partial charge in [0.1, 0.15) is 0 Å². The predicted molar refractivity (Wildman–Crippen MR) is 79.0 cm³/mol. The van der Waals surface area contributed by atoms with Crippen LogP contribution in [0, 0.1) is 0 Å². The second-order valence-electron chi connectivity index (χ2n) is 4.38. The van der Waals surface area contributed by atoms with Crippen LogP contribution in [0.1, 0.15) is 5.56 Å². The van der Waals surface area contributed by atoms with Crippen LogP contribution in [0.15, 0.2) is 54.6 Å². The summed E-state index contributed by atoms with van der Waals surface area (Å²) in [6.07, 6.45) is 0. The number of carbonyl (C=O) groups excluding carboxylic acids is 1. The molecular weight excluding hydrogens is 253 g/mol. The summed E-state index contributed by atoms with van der Waals surface area (Å²) in [5.41, 5.74) is 7.85. The molecule has 20 heavy (non-hydrogen) atoms. The summed E-state index contributed by atoms with van der Waals surface area (Å²) < 4.78 is 5.42. The van der Waals surface area contributed by atoms with Crippen LogP contribution < -0.4 is 16.7 Å². The average Bonchev–Trinajstić information content (AvgIpc) is 2.53. The van der Waals surface area contributed by atoms with Crippen LogP contribution in [-0.4, -0.2) is 24.5 Å². The van der Waals surface area contributed by atoms with Crippen molar-refractivity contribution in [1.29, 1.82) is 0 Å². The van der Waals surface area contributed by atoms with Crippen molar-refractivity contribution in [1.82, 2.24) is 0 Å². The Hall–Kier alpha value is -2.11. The molecule has 0 aliphatic rings. The van der Waals surface area contributed by atoms with Crippen molar-refractivity contribution in [2.75, 3.05) is 6.54 Å². The monoisotopic (exact) mass is 269 g/mol. The van der Waals surface area contributed by atoms with E-state index in [1.807, 2.05) is 54.6 Å². The fourth-order valence-electron chi connectivity index (χ4n) is 1.93. The maximum absolute atomic E-state index is 11.5. The zero-order valence-corrected chi connectivity index (χ0v) is 11.0. The van der Waals surface area contributed by atoms with Gasteiger partial charge in [-0.25, -0.2) is 0 Å². The highest BCUT2D eigenvalue weighted by atomic mass is 16.5. The Bertz CT molecular complexity index is 557. The van der Waals surface area contributed by atoms with Gasteiger partial charge in [0.05, 0.1) is 13.2 Å². The first-order valence-corrected chi connectivity index (χ1v) is 6.38. The normalized spacial score (nSPS) is 10.1. The Morgan fingerprint density at radius 1 is 1.05 bits per heavy atom. The van der Waals surface area contributed by atoms with E-state index in [9.17, 15) is 4.79 Å². The molecule has 0 atom stereocenters. The first kappa shape index (κ1) is 14.3. The van der Waals surface area contributed by atoms with Crippen molar-refractivity contribution in [3.05, 3.63) is 60.2 Å². The van der Waals surface area contributed by atoms with Gasteiger partial charge in [-0.15, -0.1) is 0 Å². The Morgan fingerprint density at radius 3 is 2.20 bits per heavy atom. The topological polar surface area (TPSA) is 72.6 Å². The fourth-order valence-corrected chi connectivity index (χ4v) is 1.93. The van der Waals surface area contributed by atoms with E-state index in [4.69, 9.17) is 15.5 Å². The molecular formula is C15H16BNO3. The van der Waals surface area contributed by atoms with Gasteiger partial charge in [-0.3, -0.25) is 4.79 Å². The van der Waals surface area contributed by atoms with E-state index in [0.717, 1.165) is 16.5 Å². The standard InChI is InChI=1S/C15H16BNO3/c17-10-15(19)20-16(13-4-2-1-3-5-13)14-8-6-12(11-18)7-9-14/h1-9,18H,10-11,17H2. The number of nitrogens with two attached hydrogens (primary N) is 1. The second kappa shape index (κ2) is 6.89. The Morgan fingerprint density at radius 2 is 1.65 bits per heavy atom. The maximum atomic E-state index is 11.5. The molecule has 0 saturated carbocycles. The molecule has 0 aromatic heterocycles. The summed E-state index contributed by atoms with van der Waals surface area (Å²) in [4.78, 5) is 11.5.